The van der Waals surface area contributed by atoms with Gasteiger partial charge in [0.1, 0.15) is 5.69 Å². The van der Waals surface area contributed by atoms with E-state index in [1.807, 2.05) is 0 Å². The quantitative estimate of drug-likeness (QED) is 0.792. The van der Waals surface area contributed by atoms with Crippen LogP contribution in [0.15, 0.2) is 12.3 Å². The third-order valence-electron chi connectivity index (χ3n) is 1.83. The highest BCUT2D eigenvalue weighted by Gasteiger charge is 2.08. The van der Waals surface area contributed by atoms with E-state index in [1.54, 1.807) is 12.3 Å². The van der Waals surface area contributed by atoms with Crippen molar-refractivity contribution in [3.05, 3.63) is 18.0 Å². The smallest absolute Gasteiger partial charge is 0.269 e. The van der Waals surface area contributed by atoms with E-state index in [9.17, 15) is 4.79 Å². The Kier molecular flexibility index (Phi) is 4.65. The van der Waals surface area contributed by atoms with Crippen LogP contribution in [0.25, 0.3) is 0 Å². The van der Waals surface area contributed by atoms with Gasteiger partial charge in [-0.15, -0.1) is 0 Å². The molecule has 0 aliphatic heterocycles. The third-order valence-corrected chi connectivity index (χ3v) is 2.61. The minimum Gasteiger partial charge on any atom is -0.350 e. The molecule has 1 amide bonds. The van der Waals surface area contributed by atoms with E-state index in [1.165, 1.54) is 0 Å². The lowest BCUT2D eigenvalue weighted by Gasteiger charge is -2.08. The molecule has 0 saturated heterocycles. The van der Waals surface area contributed by atoms with Crippen LogP contribution in [-0.4, -0.2) is 27.5 Å². The number of H-pyrrole nitrogens is 1. The summed E-state index contributed by atoms with van der Waals surface area (Å²) < 4.78 is 0. The maximum absolute atomic E-state index is 11.4. The zero-order valence-corrected chi connectivity index (χ0v) is 9.67. The van der Waals surface area contributed by atoms with Gasteiger partial charge in [-0.3, -0.25) is 9.89 Å². The van der Waals surface area contributed by atoms with Gasteiger partial charge in [0.15, 0.2) is 0 Å². The van der Waals surface area contributed by atoms with Gasteiger partial charge in [0, 0.05) is 17.6 Å². The number of nitrogens with one attached hydrogen (secondary N) is 2. The van der Waals surface area contributed by atoms with E-state index in [2.05, 4.69) is 38.4 Å². The highest BCUT2D eigenvalue weighted by Crippen LogP contribution is 2.06. The fourth-order valence-electron chi connectivity index (χ4n) is 1.10. The van der Waals surface area contributed by atoms with E-state index in [0.29, 0.717) is 17.1 Å². The SMILES string of the molecule is CCCC(Br)CNC(=O)c1ccn[nH]1. The van der Waals surface area contributed by atoms with E-state index < -0.39 is 0 Å². The molecule has 0 saturated carbocycles. The summed E-state index contributed by atoms with van der Waals surface area (Å²) in [6, 6.07) is 1.65. The summed E-state index contributed by atoms with van der Waals surface area (Å²) >= 11 is 3.49. The summed E-state index contributed by atoms with van der Waals surface area (Å²) in [5, 5.41) is 9.14. The first-order valence-corrected chi connectivity index (χ1v) is 5.57. The van der Waals surface area contributed by atoms with Crippen molar-refractivity contribution in [1.82, 2.24) is 15.5 Å². The van der Waals surface area contributed by atoms with Gasteiger partial charge >= 0.3 is 0 Å². The number of hydrogen-bond acceptors (Lipinski definition) is 2. The van der Waals surface area contributed by atoms with Crippen molar-refractivity contribution in [3.8, 4) is 0 Å². The van der Waals surface area contributed by atoms with Gasteiger partial charge in [-0.2, -0.15) is 5.10 Å². The molecule has 14 heavy (non-hydrogen) atoms. The maximum atomic E-state index is 11.4. The minimum atomic E-state index is -0.108. The molecule has 1 atom stereocenters. The predicted molar refractivity (Wildman–Crippen MR) is 58.5 cm³/mol. The molecule has 1 aromatic heterocycles. The van der Waals surface area contributed by atoms with Crippen molar-refractivity contribution in [2.24, 2.45) is 0 Å². The van der Waals surface area contributed by atoms with Gasteiger partial charge in [0.25, 0.3) is 5.91 Å². The summed E-state index contributed by atoms with van der Waals surface area (Å²) in [7, 11) is 0. The van der Waals surface area contributed by atoms with Crippen molar-refractivity contribution in [2.75, 3.05) is 6.54 Å². The van der Waals surface area contributed by atoms with Crippen LogP contribution in [0.4, 0.5) is 0 Å². The Morgan fingerprint density at radius 2 is 2.57 bits per heavy atom. The van der Waals surface area contributed by atoms with E-state index >= 15 is 0 Å². The van der Waals surface area contributed by atoms with Crippen LogP contribution in [0.5, 0.6) is 0 Å². The van der Waals surface area contributed by atoms with Crippen LogP contribution in [0.3, 0.4) is 0 Å². The number of carbonyl (C=O) groups is 1. The summed E-state index contributed by atoms with van der Waals surface area (Å²) in [4.78, 5) is 11.8. The lowest BCUT2D eigenvalue weighted by atomic mass is 10.2. The molecule has 0 aromatic carbocycles. The van der Waals surface area contributed by atoms with E-state index in [-0.39, 0.29) is 5.91 Å². The number of amides is 1. The standard InChI is InChI=1S/C9H14BrN3O/c1-2-3-7(10)6-11-9(14)8-4-5-12-13-8/h4-5,7H,2-3,6H2,1H3,(H,11,14)(H,12,13). The Morgan fingerprint density at radius 3 is 3.14 bits per heavy atom. The van der Waals surface area contributed by atoms with Crippen LogP contribution >= 0.6 is 15.9 Å². The molecular weight excluding hydrogens is 246 g/mol. The number of carbonyl (C=O) groups excluding carboxylic acids is 1. The summed E-state index contributed by atoms with van der Waals surface area (Å²) in [6.07, 6.45) is 3.73. The molecular formula is C9H14BrN3O. The molecule has 0 aliphatic rings. The van der Waals surface area contributed by atoms with Crippen molar-refractivity contribution in [1.29, 1.82) is 0 Å². The highest BCUT2D eigenvalue weighted by molar-refractivity contribution is 9.09. The molecule has 5 heteroatoms. The van der Waals surface area contributed by atoms with Crippen LogP contribution in [-0.2, 0) is 0 Å². The van der Waals surface area contributed by atoms with Crippen molar-refractivity contribution >= 4 is 21.8 Å². The second-order valence-corrected chi connectivity index (χ2v) is 4.36. The van der Waals surface area contributed by atoms with Crippen LogP contribution in [0, 0.1) is 0 Å². The van der Waals surface area contributed by atoms with Crippen LogP contribution < -0.4 is 5.32 Å². The zero-order valence-electron chi connectivity index (χ0n) is 8.09. The van der Waals surface area contributed by atoms with Gasteiger partial charge in [-0.25, -0.2) is 0 Å². The number of rotatable bonds is 5. The molecule has 78 valence electrons. The normalized spacial score (nSPS) is 12.4. The molecule has 2 N–H and O–H groups in total. The zero-order chi connectivity index (χ0) is 10.4. The third kappa shape index (κ3) is 3.49. The Morgan fingerprint density at radius 1 is 1.79 bits per heavy atom. The van der Waals surface area contributed by atoms with Crippen molar-refractivity contribution < 1.29 is 4.79 Å². The predicted octanol–water partition coefficient (Wildman–Crippen LogP) is 1.70. The second-order valence-electron chi connectivity index (χ2n) is 3.07. The molecule has 1 unspecified atom stereocenters. The molecule has 0 bridgehead atoms. The first-order chi connectivity index (χ1) is 6.74. The molecule has 1 aromatic rings. The average molecular weight is 260 g/mol. The highest BCUT2D eigenvalue weighted by atomic mass is 79.9. The van der Waals surface area contributed by atoms with Gasteiger partial charge in [-0.1, -0.05) is 29.3 Å². The van der Waals surface area contributed by atoms with Gasteiger partial charge in [-0.05, 0) is 12.5 Å². The lowest BCUT2D eigenvalue weighted by Crippen LogP contribution is -2.29. The number of hydrogen-bond donors (Lipinski definition) is 2. The summed E-state index contributed by atoms with van der Waals surface area (Å²) in [5.74, 6) is -0.108. The number of halogens is 1. The minimum absolute atomic E-state index is 0.108. The Labute approximate surface area is 91.6 Å². The molecule has 4 nitrogen and oxygen atoms in total. The van der Waals surface area contributed by atoms with Gasteiger partial charge in [0.2, 0.25) is 0 Å². The van der Waals surface area contributed by atoms with Crippen molar-refractivity contribution in [3.63, 3.8) is 0 Å². The van der Waals surface area contributed by atoms with Gasteiger partial charge < -0.3 is 5.32 Å². The van der Waals surface area contributed by atoms with Crippen LogP contribution in [0.1, 0.15) is 30.3 Å². The Hall–Kier alpha value is -0.840. The Bertz CT molecular complexity index is 274. The molecule has 0 spiro atoms. The molecule has 0 fully saturated rings. The fourth-order valence-corrected chi connectivity index (χ4v) is 1.72. The number of aromatic amines is 1. The monoisotopic (exact) mass is 259 g/mol. The van der Waals surface area contributed by atoms with Gasteiger partial charge in [0.05, 0.1) is 0 Å². The fraction of sp³-hybridized carbons (Fsp3) is 0.556. The maximum Gasteiger partial charge on any atom is 0.269 e. The number of alkyl halides is 1. The summed E-state index contributed by atoms with van der Waals surface area (Å²) in [6.45, 7) is 2.76. The molecule has 0 aliphatic carbocycles. The largest absolute Gasteiger partial charge is 0.350 e. The topological polar surface area (TPSA) is 57.8 Å². The van der Waals surface area contributed by atoms with E-state index in [4.69, 9.17) is 0 Å². The molecule has 1 rings (SSSR count). The second kappa shape index (κ2) is 5.80. The lowest BCUT2D eigenvalue weighted by molar-refractivity contribution is 0.0948. The Balaban J connectivity index is 2.28. The number of nitrogens with zero attached hydrogens (tertiary/aromatic N) is 1. The molecule has 0 radical (unpaired) electrons. The van der Waals surface area contributed by atoms with Crippen LogP contribution in [0.2, 0.25) is 0 Å². The van der Waals surface area contributed by atoms with E-state index in [0.717, 1.165) is 12.8 Å². The summed E-state index contributed by atoms with van der Waals surface area (Å²) in [5.41, 5.74) is 0.501. The number of aromatic nitrogens is 2. The average Bonchev–Trinajstić information content (AvgIpc) is 2.67. The first kappa shape index (κ1) is 11.2. The first-order valence-electron chi connectivity index (χ1n) is 4.65. The molecule has 1 heterocycles. The van der Waals surface area contributed by atoms with Crippen molar-refractivity contribution in [2.45, 2.75) is 24.6 Å².